The Balaban J connectivity index is 2.11. The highest BCUT2D eigenvalue weighted by molar-refractivity contribution is 8.01. The van der Waals surface area contributed by atoms with Crippen molar-refractivity contribution in [3.8, 4) is 0 Å². The van der Waals surface area contributed by atoms with Gasteiger partial charge in [0.15, 0.2) is 0 Å². The number of benzene rings is 1. The number of hydrogen-bond acceptors (Lipinski definition) is 3. The van der Waals surface area contributed by atoms with Gasteiger partial charge in [-0.25, -0.2) is 0 Å². The fourth-order valence-corrected chi connectivity index (χ4v) is 3.88. The van der Waals surface area contributed by atoms with Crippen LogP contribution in [0.3, 0.4) is 0 Å². The average Bonchev–Trinajstić information content (AvgIpc) is 2.85. The summed E-state index contributed by atoms with van der Waals surface area (Å²) in [5, 5.41) is 6.41. The van der Waals surface area contributed by atoms with Gasteiger partial charge in [0.1, 0.15) is 0 Å². The van der Waals surface area contributed by atoms with Crippen LogP contribution in [0.15, 0.2) is 44.8 Å². The van der Waals surface area contributed by atoms with Crippen molar-refractivity contribution in [1.29, 1.82) is 0 Å². The molecule has 1 heterocycles. The van der Waals surface area contributed by atoms with Gasteiger partial charge in [0.2, 0.25) is 0 Å². The molecular formula is C15H18ClNS2. The Hall–Kier alpha value is -0.480. The van der Waals surface area contributed by atoms with Crippen molar-refractivity contribution >= 4 is 34.7 Å². The zero-order valence-electron chi connectivity index (χ0n) is 11.2. The largest absolute Gasteiger partial charge is 0.312 e. The molecule has 0 aliphatic heterocycles. The predicted molar refractivity (Wildman–Crippen MR) is 86.4 cm³/mol. The molecule has 0 fully saturated rings. The number of hydrogen-bond donors (Lipinski definition) is 1. The molecule has 0 aliphatic carbocycles. The summed E-state index contributed by atoms with van der Waals surface area (Å²) < 4.78 is 1.28. The van der Waals surface area contributed by atoms with Gasteiger partial charge < -0.3 is 5.32 Å². The molecule has 19 heavy (non-hydrogen) atoms. The summed E-state index contributed by atoms with van der Waals surface area (Å²) in [6.45, 7) is 6.32. The summed E-state index contributed by atoms with van der Waals surface area (Å²) in [6, 6.07) is 10.3. The van der Waals surface area contributed by atoms with Gasteiger partial charge in [-0.2, -0.15) is 0 Å². The number of halogens is 1. The zero-order valence-corrected chi connectivity index (χ0v) is 13.5. The van der Waals surface area contributed by atoms with Crippen LogP contribution in [-0.4, -0.2) is 6.54 Å². The molecule has 0 spiro atoms. The molecule has 1 aromatic heterocycles. The Morgan fingerprint density at radius 3 is 2.79 bits per heavy atom. The smallest absolute Gasteiger partial charge is 0.0646 e. The first-order valence-electron chi connectivity index (χ1n) is 6.36. The lowest BCUT2D eigenvalue weighted by molar-refractivity contribution is 0.550. The van der Waals surface area contributed by atoms with E-state index in [1.54, 1.807) is 23.1 Å². The maximum Gasteiger partial charge on any atom is 0.0646 e. The molecule has 1 N–H and O–H groups in total. The number of nitrogens with one attached hydrogen (secondary N) is 1. The van der Waals surface area contributed by atoms with Crippen molar-refractivity contribution in [3.05, 3.63) is 46.3 Å². The summed E-state index contributed by atoms with van der Waals surface area (Å²) in [7, 11) is 0. The summed E-state index contributed by atoms with van der Waals surface area (Å²) in [5.41, 5.74) is 1.27. The standard InChI is InChI=1S/C15H18ClNS2/c1-11(2)9-17-10-12-5-3-6-13(16)15(12)19-14-7-4-8-18-14/h3-8,11,17H,9-10H2,1-2H3. The van der Waals surface area contributed by atoms with Gasteiger partial charge in [-0.3, -0.25) is 0 Å². The molecular weight excluding hydrogens is 294 g/mol. The molecule has 1 aromatic carbocycles. The van der Waals surface area contributed by atoms with Gasteiger partial charge in [0.05, 0.1) is 9.23 Å². The van der Waals surface area contributed by atoms with E-state index in [-0.39, 0.29) is 0 Å². The van der Waals surface area contributed by atoms with E-state index in [4.69, 9.17) is 11.6 Å². The maximum absolute atomic E-state index is 6.34. The fourth-order valence-electron chi connectivity index (χ4n) is 1.72. The molecule has 0 atom stereocenters. The third-order valence-corrected chi connectivity index (χ3v) is 5.27. The van der Waals surface area contributed by atoms with E-state index in [1.165, 1.54) is 14.7 Å². The highest BCUT2D eigenvalue weighted by Gasteiger charge is 2.09. The second kappa shape index (κ2) is 7.34. The van der Waals surface area contributed by atoms with Crippen molar-refractivity contribution in [2.24, 2.45) is 5.92 Å². The minimum atomic E-state index is 0.660. The molecule has 0 radical (unpaired) electrons. The summed E-state index contributed by atoms with van der Waals surface area (Å²) in [4.78, 5) is 1.17. The molecule has 0 aliphatic rings. The van der Waals surface area contributed by atoms with Crippen LogP contribution in [0.1, 0.15) is 19.4 Å². The Kier molecular flexibility index (Phi) is 5.76. The van der Waals surface area contributed by atoms with E-state index in [2.05, 4.69) is 42.7 Å². The SMILES string of the molecule is CC(C)CNCc1cccc(Cl)c1Sc1cccs1. The molecule has 4 heteroatoms. The van der Waals surface area contributed by atoms with Crippen LogP contribution in [0.25, 0.3) is 0 Å². The summed E-state index contributed by atoms with van der Waals surface area (Å²) in [6.07, 6.45) is 0. The first-order valence-corrected chi connectivity index (χ1v) is 8.43. The third kappa shape index (κ3) is 4.53. The van der Waals surface area contributed by atoms with Gasteiger partial charge in [0.25, 0.3) is 0 Å². The average molecular weight is 312 g/mol. The van der Waals surface area contributed by atoms with E-state index < -0.39 is 0 Å². The normalized spacial score (nSPS) is 11.2. The lowest BCUT2D eigenvalue weighted by Crippen LogP contribution is -2.19. The minimum absolute atomic E-state index is 0.660. The number of rotatable bonds is 6. The van der Waals surface area contributed by atoms with Crippen molar-refractivity contribution in [2.75, 3.05) is 6.54 Å². The van der Waals surface area contributed by atoms with Gasteiger partial charge >= 0.3 is 0 Å². The quantitative estimate of drug-likeness (QED) is 0.777. The van der Waals surface area contributed by atoms with Crippen molar-refractivity contribution in [2.45, 2.75) is 29.5 Å². The lowest BCUT2D eigenvalue weighted by Gasteiger charge is -2.12. The lowest BCUT2D eigenvalue weighted by atomic mass is 10.2. The molecule has 102 valence electrons. The Morgan fingerprint density at radius 2 is 2.11 bits per heavy atom. The van der Waals surface area contributed by atoms with E-state index in [0.29, 0.717) is 5.92 Å². The Bertz CT molecular complexity index is 509. The van der Waals surface area contributed by atoms with Gasteiger partial charge in [-0.05, 0) is 35.5 Å². The Labute approximate surface area is 128 Å². The van der Waals surface area contributed by atoms with Crippen LogP contribution < -0.4 is 5.32 Å². The van der Waals surface area contributed by atoms with Crippen LogP contribution in [0, 0.1) is 5.92 Å². The predicted octanol–water partition coefficient (Wildman–Crippen LogP) is 5.30. The second-order valence-corrected chi connectivity index (χ2v) is 7.45. The molecule has 0 saturated carbocycles. The zero-order chi connectivity index (χ0) is 13.7. The van der Waals surface area contributed by atoms with Crippen LogP contribution >= 0.6 is 34.7 Å². The summed E-state index contributed by atoms with van der Waals surface area (Å²) in [5.74, 6) is 0.660. The molecule has 1 nitrogen and oxygen atoms in total. The summed E-state index contributed by atoms with van der Waals surface area (Å²) >= 11 is 9.84. The van der Waals surface area contributed by atoms with Gasteiger partial charge in [-0.15, -0.1) is 11.3 Å². The Morgan fingerprint density at radius 1 is 1.26 bits per heavy atom. The van der Waals surface area contributed by atoms with Crippen LogP contribution in [0.5, 0.6) is 0 Å². The molecule has 0 unspecified atom stereocenters. The molecule has 0 bridgehead atoms. The minimum Gasteiger partial charge on any atom is -0.312 e. The highest BCUT2D eigenvalue weighted by Crippen LogP contribution is 2.38. The van der Waals surface area contributed by atoms with Crippen LogP contribution in [0.2, 0.25) is 5.02 Å². The monoisotopic (exact) mass is 311 g/mol. The van der Waals surface area contributed by atoms with Crippen molar-refractivity contribution in [1.82, 2.24) is 5.32 Å². The molecule has 2 rings (SSSR count). The van der Waals surface area contributed by atoms with Crippen LogP contribution in [-0.2, 0) is 6.54 Å². The van der Waals surface area contributed by atoms with E-state index in [1.807, 2.05) is 12.1 Å². The highest BCUT2D eigenvalue weighted by atomic mass is 35.5. The van der Waals surface area contributed by atoms with E-state index >= 15 is 0 Å². The van der Waals surface area contributed by atoms with Gasteiger partial charge in [0, 0.05) is 11.4 Å². The van der Waals surface area contributed by atoms with Crippen molar-refractivity contribution < 1.29 is 0 Å². The van der Waals surface area contributed by atoms with Gasteiger partial charge in [-0.1, -0.05) is 55.4 Å². The first-order chi connectivity index (χ1) is 9.16. The second-order valence-electron chi connectivity index (χ2n) is 4.79. The molecule has 0 amide bonds. The number of thiophene rings is 1. The topological polar surface area (TPSA) is 12.0 Å². The third-order valence-electron chi connectivity index (χ3n) is 2.61. The first kappa shape index (κ1) is 14.9. The molecule has 0 saturated heterocycles. The maximum atomic E-state index is 6.34. The van der Waals surface area contributed by atoms with E-state index in [0.717, 1.165) is 18.1 Å². The van der Waals surface area contributed by atoms with E-state index in [9.17, 15) is 0 Å². The van der Waals surface area contributed by atoms with Crippen LogP contribution in [0.4, 0.5) is 0 Å². The molecule has 2 aromatic rings. The fraction of sp³-hybridized carbons (Fsp3) is 0.333. The van der Waals surface area contributed by atoms with Crippen molar-refractivity contribution in [3.63, 3.8) is 0 Å².